The van der Waals surface area contributed by atoms with Crippen LogP contribution in [0.4, 0.5) is 5.69 Å². The topological polar surface area (TPSA) is 67.4 Å². The molecule has 0 spiro atoms. The molecule has 6 heteroatoms. The lowest BCUT2D eigenvalue weighted by atomic mass is 10.2. The number of carbonyl (C=O) groups excluding carboxylic acids is 1. The van der Waals surface area contributed by atoms with Crippen molar-refractivity contribution in [3.05, 3.63) is 11.9 Å². The van der Waals surface area contributed by atoms with Gasteiger partial charge in [0, 0.05) is 45.5 Å². The van der Waals surface area contributed by atoms with Crippen LogP contribution in [0.5, 0.6) is 0 Å². The first-order valence-corrected chi connectivity index (χ1v) is 6.47. The fourth-order valence-corrected chi connectivity index (χ4v) is 2.55. The average Bonchev–Trinajstić information content (AvgIpc) is 3.15. The van der Waals surface area contributed by atoms with E-state index in [4.69, 9.17) is 5.73 Å². The number of nitrogens with two attached hydrogens (primary N) is 1. The molecule has 0 atom stereocenters. The highest BCUT2D eigenvalue weighted by molar-refractivity contribution is 5.97. The smallest absolute Gasteiger partial charge is 0.276 e. The average molecular weight is 249 g/mol. The molecule has 2 N–H and O–H groups in total. The molecule has 1 amide bonds. The Bertz CT molecular complexity index is 457. The van der Waals surface area contributed by atoms with Crippen molar-refractivity contribution in [1.29, 1.82) is 0 Å². The Morgan fingerprint density at radius 3 is 2.50 bits per heavy atom. The largest absolute Gasteiger partial charge is 0.396 e. The minimum atomic E-state index is -0.0384. The van der Waals surface area contributed by atoms with Crippen LogP contribution in [0.2, 0.25) is 0 Å². The number of amides is 1. The Morgan fingerprint density at radius 2 is 2.00 bits per heavy atom. The van der Waals surface area contributed by atoms with E-state index in [0.717, 1.165) is 32.2 Å². The minimum absolute atomic E-state index is 0.0384. The van der Waals surface area contributed by atoms with E-state index >= 15 is 0 Å². The maximum atomic E-state index is 12.3. The molecule has 1 aliphatic carbocycles. The molecule has 0 bridgehead atoms. The molecule has 3 rings (SSSR count). The number of nitrogens with zero attached hydrogens (tertiary/aromatic N) is 4. The molecule has 6 nitrogen and oxygen atoms in total. The first-order valence-electron chi connectivity index (χ1n) is 6.47. The molecular formula is C12H19N5O. The summed E-state index contributed by atoms with van der Waals surface area (Å²) in [5.41, 5.74) is 6.64. The lowest BCUT2D eigenvalue weighted by Gasteiger charge is -2.34. The van der Waals surface area contributed by atoms with Crippen LogP contribution in [0, 0.1) is 0 Å². The maximum absolute atomic E-state index is 12.3. The minimum Gasteiger partial charge on any atom is -0.396 e. The molecule has 1 aliphatic heterocycles. The van der Waals surface area contributed by atoms with E-state index in [0.29, 0.717) is 11.4 Å². The molecule has 2 aliphatic rings. The summed E-state index contributed by atoms with van der Waals surface area (Å²) < 4.78 is 1.59. The zero-order valence-corrected chi connectivity index (χ0v) is 10.7. The predicted octanol–water partition coefficient (Wildman–Crippen LogP) is -0.0775. The molecule has 1 saturated heterocycles. The van der Waals surface area contributed by atoms with Gasteiger partial charge in [-0.25, -0.2) is 0 Å². The first kappa shape index (κ1) is 11.5. The summed E-state index contributed by atoms with van der Waals surface area (Å²) >= 11 is 0. The number of nitrogen functional groups attached to an aromatic ring is 1. The lowest BCUT2D eigenvalue weighted by molar-refractivity contribution is 0.0622. The van der Waals surface area contributed by atoms with Crippen LogP contribution in [0.25, 0.3) is 0 Å². The van der Waals surface area contributed by atoms with Gasteiger partial charge in [0.05, 0.1) is 5.69 Å². The molecule has 0 radical (unpaired) electrons. The molecule has 2 heterocycles. The van der Waals surface area contributed by atoms with Gasteiger partial charge in [-0.1, -0.05) is 0 Å². The zero-order valence-electron chi connectivity index (χ0n) is 10.7. The summed E-state index contributed by atoms with van der Waals surface area (Å²) in [5.74, 6) is -0.0384. The monoisotopic (exact) mass is 249 g/mol. The van der Waals surface area contributed by atoms with Gasteiger partial charge in [-0.05, 0) is 12.8 Å². The highest BCUT2D eigenvalue weighted by Gasteiger charge is 2.33. The van der Waals surface area contributed by atoms with Crippen LogP contribution < -0.4 is 5.73 Å². The summed E-state index contributed by atoms with van der Waals surface area (Å²) in [5, 5.41) is 4.14. The van der Waals surface area contributed by atoms with Crippen LogP contribution in [-0.4, -0.2) is 57.7 Å². The number of anilines is 1. The molecule has 1 saturated carbocycles. The van der Waals surface area contributed by atoms with Crippen molar-refractivity contribution in [3.63, 3.8) is 0 Å². The van der Waals surface area contributed by atoms with Crippen molar-refractivity contribution in [2.45, 2.75) is 18.9 Å². The summed E-state index contributed by atoms with van der Waals surface area (Å²) in [7, 11) is 1.78. The van der Waals surface area contributed by atoms with Crippen LogP contribution in [-0.2, 0) is 7.05 Å². The second-order valence-electron chi connectivity index (χ2n) is 5.17. The van der Waals surface area contributed by atoms with Gasteiger partial charge in [-0.15, -0.1) is 0 Å². The van der Waals surface area contributed by atoms with Crippen LogP contribution in [0.3, 0.4) is 0 Å². The molecule has 98 valence electrons. The van der Waals surface area contributed by atoms with E-state index in [2.05, 4.69) is 10.00 Å². The normalized spacial score (nSPS) is 21.3. The summed E-state index contributed by atoms with van der Waals surface area (Å²) in [6.07, 6.45) is 4.32. The number of hydrogen-bond donors (Lipinski definition) is 1. The van der Waals surface area contributed by atoms with Gasteiger partial charge in [0.1, 0.15) is 0 Å². The highest BCUT2D eigenvalue weighted by Crippen LogP contribution is 2.27. The van der Waals surface area contributed by atoms with E-state index in [1.165, 1.54) is 12.8 Å². The van der Waals surface area contributed by atoms with Crippen molar-refractivity contribution in [1.82, 2.24) is 19.6 Å². The quantitative estimate of drug-likeness (QED) is 0.796. The van der Waals surface area contributed by atoms with Crippen molar-refractivity contribution < 1.29 is 4.79 Å². The Morgan fingerprint density at radius 1 is 1.33 bits per heavy atom. The van der Waals surface area contributed by atoms with Gasteiger partial charge in [0.25, 0.3) is 5.91 Å². The van der Waals surface area contributed by atoms with Gasteiger partial charge in [0.2, 0.25) is 0 Å². The van der Waals surface area contributed by atoms with Crippen molar-refractivity contribution >= 4 is 11.6 Å². The first-order chi connectivity index (χ1) is 8.65. The van der Waals surface area contributed by atoms with Crippen LogP contribution in [0.15, 0.2) is 6.20 Å². The van der Waals surface area contributed by atoms with Crippen molar-refractivity contribution in [3.8, 4) is 0 Å². The Balaban J connectivity index is 1.65. The molecule has 0 aromatic carbocycles. The van der Waals surface area contributed by atoms with Gasteiger partial charge in [0.15, 0.2) is 5.69 Å². The number of aryl methyl sites for hydroxylation is 1. The Kier molecular flexibility index (Phi) is 2.74. The number of piperazine rings is 1. The SMILES string of the molecule is Cn1cc(N)c(C(=O)N2CCN(C3CC3)CC2)n1. The predicted molar refractivity (Wildman–Crippen MR) is 68.1 cm³/mol. The van der Waals surface area contributed by atoms with Gasteiger partial charge in [-0.2, -0.15) is 5.10 Å². The number of rotatable bonds is 2. The second-order valence-corrected chi connectivity index (χ2v) is 5.17. The van der Waals surface area contributed by atoms with E-state index < -0.39 is 0 Å². The molecule has 0 unspecified atom stereocenters. The van der Waals surface area contributed by atoms with Gasteiger partial charge < -0.3 is 10.6 Å². The fraction of sp³-hybridized carbons (Fsp3) is 0.667. The van der Waals surface area contributed by atoms with E-state index in [-0.39, 0.29) is 5.91 Å². The Hall–Kier alpha value is -1.56. The number of hydrogen-bond acceptors (Lipinski definition) is 4. The maximum Gasteiger partial charge on any atom is 0.276 e. The third kappa shape index (κ3) is 2.08. The number of aromatic nitrogens is 2. The summed E-state index contributed by atoms with van der Waals surface area (Å²) in [4.78, 5) is 16.6. The molecule has 1 aromatic rings. The van der Waals surface area contributed by atoms with Crippen LogP contribution in [0.1, 0.15) is 23.3 Å². The van der Waals surface area contributed by atoms with E-state index in [9.17, 15) is 4.79 Å². The Labute approximate surface area is 106 Å². The van der Waals surface area contributed by atoms with E-state index in [1.807, 2.05) is 4.90 Å². The highest BCUT2D eigenvalue weighted by atomic mass is 16.2. The number of carbonyl (C=O) groups is 1. The van der Waals surface area contributed by atoms with Crippen LogP contribution >= 0.6 is 0 Å². The zero-order chi connectivity index (χ0) is 12.7. The molecular weight excluding hydrogens is 230 g/mol. The fourth-order valence-electron chi connectivity index (χ4n) is 2.55. The summed E-state index contributed by atoms with van der Waals surface area (Å²) in [6.45, 7) is 3.52. The third-order valence-corrected chi connectivity index (χ3v) is 3.72. The van der Waals surface area contributed by atoms with Crippen molar-refractivity contribution in [2.24, 2.45) is 7.05 Å². The van der Waals surface area contributed by atoms with Gasteiger partial charge >= 0.3 is 0 Å². The molecule has 18 heavy (non-hydrogen) atoms. The summed E-state index contributed by atoms with van der Waals surface area (Å²) in [6, 6.07) is 0.780. The van der Waals surface area contributed by atoms with Gasteiger partial charge in [-0.3, -0.25) is 14.4 Å². The van der Waals surface area contributed by atoms with Crippen molar-refractivity contribution in [2.75, 3.05) is 31.9 Å². The third-order valence-electron chi connectivity index (χ3n) is 3.72. The van der Waals surface area contributed by atoms with E-state index in [1.54, 1.807) is 17.9 Å². The lowest BCUT2D eigenvalue weighted by Crippen LogP contribution is -2.49. The second kappa shape index (κ2) is 4.28. The molecule has 1 aromatic heterocycles. The standard InChI is InChI=1S/C12H19N5O/c1-15-8-10(13)11(14-15)12(18)17-6-4-16(5-7-17)9-2-3-9/h8-9H,2-7,13H2,1H3. The molecule has 2 fully saturated rings.